The summed E-state index contributed by atoms with van der Waals surface area (Å²) in [6.07, 6.45) is 8.35. The molecule has 4 rings (SSSR count). The molecule has 1 amide bonds. The molecule has 1 unspecified atom stereocenters. The van der Waals surface area contributed by atoms with Gasteiger partial charge in [-0.25, -0.2) is 4.79 Å². The van der Waals surface area contributed by atoms with Gasteiger partial charge in [-0.05, 0) is 18.1 Å². The van der Waals surface area contributed by atoms with Gasteiger partial charge in [0.15, 0.2) is 0 Å². The molecule has 0 saturated carbocycles. The molecule has 0 saturated heterocycles. The van der Waals surface area contributed by atoms with Gasteiger partial charge >= 0.3 is 6.09 Å². The summed E-state index contributed by atoms with van der Waals surface area (Å²) in [5, 5.41) is 0. The van der Waals surface area contributed by atoms with Gasteiger partial charge in [-0.2, -0.15) is 0 Å². The van der Waals surface area contributed by atoms with Gasteiger partial charge in [0.2, 0.25) is 0 Å². The Morgan fingerprint density at radius 3 is 2.88 bits per heavy atom. The van der Waals surface area contributed by atoms with Crippen molar-refractivity contribution in [2.75, 3.05) is 25.0 Å². The van der Waals surface area contributed by atoms with Crippen LogP contribution in [-0.2, 0) is 16.8 Å². The minimum absolute atomic E-state index is 0.0610. The highest BCUT2D eigenvalue weighted by Gasteiger charge is 2.42. The second kappa shape index (κ2) is 6.24. The maximum Gasteiger partial charge on any atom is 0.414 e. The number of ether oxygens (including phenoxy) is 1. The molecule has 5 nitrogen and oxygen atoms in total. The van der Waals surface area contributed by atoms with Gasteiger partial charge in [-0.1, -0.05) is 36.4 Å². The molecule has 0 fully saturated rings. The maximum atomic E-state index is 12.3. The van der Waals surface area contributed by atoms with Gasteiger partial charge in [0.25, 0.3) is 0 Å². The lowest BCUT2D eigenvalue weighted by molar-refractivity contribution is 0.106. The highest BCUT2D eigenvalue weighted by molar-refractivity contribution is 5.70. The van der Waals surface area contributed by atoms with Crippen molar-refractivity contribution < 1.29 is 9.53 Å². The van der Waals surface area contributed by atoms with E-state index in [1.807, 2.05) is 48.9 Å². The van der Waals surface area contributed by atoms with Crippen LogP contribution in [0.15, 0.2) is 61.1 Å². The molecule has 2 aliphatic heterocycles. The zero-order valence-electron chi connectivity index (χ0n) is 14.3. The van der Waals surface area contributed by atoms with Crippen LogP contribution in [0.4, 0.5) is 10.5 Å². The predicted molar refractivity (Wildman–Crippen MR) is 96.3 cm³/mol. The number of pyridine rings is 1. The van der Waals surface area contributed by atoms with Crippen LogP contribution >= 0.6 is 0 Å². The lowest BCUT2D eigenvalue weighted by atomic mass is 9.78. The van der Waals surface area contributed by atoms with Gasteiger partial charge in [-0.15, -0.1) is 0 Å². The zero-order valence-corrected chi connectivity index (χ0v) is 14.3. The standard InChI is InChI=1S/C20H21N3O2/c1-22-15-20(17-13-21-10-7-18(17)22)8-11-23(12-9-20)19(24)25-14-16-5-3-2-4-6-16/h2-8,10-11,13H,9,12,14-15H2,1H3. The van der Waals surface area contributed by atoms with Crippen molar-refractivity contribution in [3.8, 4) is 0 Å². The molecule has 3 heterocycles. The fraction of sp³-hybridized carbons (Fsp3) is 0.300. The number of carbonyl (C=O) groups excluding carboxylic acids is 1. The summed E-state index contributed by atoms with van der Waals surface area (Å²) in [4.78, 5) is 20.5. The second-order valence-corrected chi connectivity index (χ2v) is 6.70. The Morgan fingerprint density at radius 2 is 2.12 bits per heavy atom. The van der Waals surface area contributed by atoms with Crippen molar-refractivity contribution in [2.24, 2.45) is 0 Å². The number of anilines is 1. The first-order chi connectivity index (χ1) is 12.2. The third-order valence-corrected chi connectivity index (χ3v) is 5.08. The molecule has 5 heteroatoms. The average Bonchev–Trinajstić information content (AvgIpc) is 2.93. The molecule has 1 aromatic heterocycles. The lowest BCUT2D eigenvalue weighted by Gasteiger charge is -2.33. The Kier molecular flexibility index (Phi) is 3.92. The molecule has 2 aromatic rings. The molecule has 1 spiro atoms. The average molecular weight is 335 g/mol. The number of hydrogen-bond acceptors (Lipinski definition) is 4. The predicted octanol–water partition coefficient (Wildman–Crippen LogP) is 3.33. The number of benzene rings is 1. The summed E-state index contributed by atoms with van der Waals surface area (Å²) in [6.45, 7) is 1.86. The van der Waals surface area contributed by atoms with Gasteiger partial charge in [0.05, 0.1) is 0 Å². The molecule has 1 atom stereocenters. The molecular formula is C20H21N3O2. The fourth-order valence-corrected chi connectivity index (χ4v) is 3.72. The van der Waals surface area contributed by atoms with Crippen LogP contribution in [0.1, 0.15) is 17.5 Å². The van der Waals surface area contributed by atoms with Crippen LogP contribution in [-0.4, -0.2) is 36.1 Å². The van der Waals surface area contributed by atoms with E-state index in [0.717, 1.165) is 18.5 Å². The van der Waals surface area contributed by atoms with E-state index in [2.05, 4.69) is 29.1 Å². The van der Waals surface area contributed by atoms with Gasteiger partial charge in [0.1, 0.15) is 6.61 Å². The number of aromatic nitrogens is 1. The Morgan fingerprint density at radius 1 is 1.28 bits per heavy atom. The largest absolute Gasteiger partial charge is 0.444 e. The summed E-state index contributed by atoms with van der Waals surface area (Å²) in [6, 6.07) is 11.8. The third-order valence-electron chi connectivity index (χ3n) is 5.08. The molecular weight excluding hydrogens is 314 g/mol. The molecule has 0 radical (unpaired) electrons. The summed E-state index contributed by atoms with van der Waals surface area (Å²) >= 11 is 0. The van der Waals surface area contributed by atoms with E-state index in [-0.39, 0.29) is 11.5 Å². The van der Waals surface area contributed by atoms with Gasteiger partial charge in [-0.3, -0.25) is 9.88 Å². The van der Waals surface area contributed by atoms with Crippen molar-refractivity contribution in [3.05, 3.63) is 72.2 Å². The highest BCUT2D eigenvalue weighted by atomic mass is 16.6. The van der Waals surface area contributed by atoms with Crippen LogP contribution in [0.3, 0.4) is 0 Å². The van der Waals surface area contributed by atoms with Crippen molar-refractivity contribution in [3.63, 3.8) is 0 Å². The first kappa shape index (κ1) is 15.7. The van der Waals surface area contributed by atoms with Crippen LogP contribution < -0.4 is 4.90 Å². The Balaban J connectivity index is 1.45. The molecule has 0 N–H and O–H groups in total. The molecule has 1 aromatic carbocycles. The van der Waals surface area contributed by atoms with Crippen LogP contribution in [0.2, 0.25) is 0 Å². The zero-order chi connectivity index (χ0) is 17.3. The quantitative estimate of drug-likeness (QED) is 0.844. The van der Waals surface area contributed by atoms with Crippen LogP contribution in [0.5, 0.6) is 0 Å². The molecule has 2 aliphatic rings. The van der Waals surface area contributed by atoms with E-state index >= 15 is 0 Å². The number of fused-ring (bicyclic) bond motifs is 2. The fourth-order valence-electron chi connectivity index (χ4n) is 3.72. The Bertz CT molecular complexity index is 806. The number of rotatable bonds is 2. The van der Waals surface area contributed by atoms with E-state index in [1.54, 1.807) is 4.90 Å². The number of nitrogens with zero attached hydrogens (tertiary/aromatic N) is 3. The molecule has 128 valence electrons. The minimum atomic E-state index is -0.298. The SMILES string of the molecule is CN1CC2(C=CN(C(=O)OCc3ccccc3)CC2)c2cnccc21. The molecule has 0 aliphatic carbocycles. The second-order valence-electron chi connectivity index (χ2n) is 6.70. The van der Waals surface area contributed by atoms with E-state index in [9.17, 15) is 4.79 Å². The van der Waals surface area contributed by atoms with Gasteiger partial charge < -0.3 is 9.64 Å². The molecule has 25 heavy (non-hydrogen) atoms. The van der Waals surface area contributed by atoms with Crippen LogP contribution in [0, 0.1) is 0 Å². The van der Waals surface area contributed by atoms with Crippen LogP contribution in [0.25, 0.3) is 0 Å². The third kappa shape index (κ3) is 2.86. The van der Waals surface area contributed by atoms with E-state index in [4.69, 9.17) is 4.74 Å². The minimum Gasteiger partial charge on any atom is -0.444 e. The monoisotopic (exact) mass is 335 g/mol. The summed E-state index contributed by atoms with van der Waals surface area (Å²) in [5.41, 5.74) is 3.39. The van der Waals surface area contributed by atoms with E-state index in [1.165, 1.54) is 11.3 Å². The highest BCUT2D eigenvalue weighted by Crippen LogP contribution is 2.44. The lowest BCUT2D eigenvalue weighted by Crippen LogP contribution is -2.40. The number of hydrogen-bond donors (Lipinski definition) is 0. The van der Waals surface area contributed by atoms with Crippen molar-refractivity contribution in [1.82, 2.24) is 9.88 Å². The smallest absolute Gasteiger partial charge is 0.414 e. The van der Waals surface area contributed by atoms with E-state index in [0.29, 0.717) is 13.2 Å². The number of carbonyl (C=O) groups is 1. The number of likely N-dealkylation sites (N-methyl/N-ethyl adjacent to an activating group) is 1. The van der Waals surface area contributed by atoms with E-state index < -0.39 is 0 Å². The van der Waals surface area contributed by atoms with Crippen molar-refractivity contribution in [2.45, 2.75) is 18.4 Å². The first-order valence-corrected chi connectivity index (χ1v) is 8.50. The maximum absolute atomic E-state index is 12.3. The van der Waals surface area contributed by atoms with Crippen molar-refractivity contribution in [1.29, 1.82) is 0 Å². The topological polar surface area (TPSA) is 45.7 Å². The first-order valence-electron chi connectivity index (χ1n) is 8.50. The number of amides is 1. The summed E-state index contributed by atoms with van der Waals surface area (Å²) < 4.78 is 5.42. The van der Waals surface area contributed by atoms with Gasteiger partial charge in [0, 0.05) is 55.4 Å². The summed E-state index contributed by atoms with van der Waals surface area (Å²) in [7, 11) is 2.10. The Labute approximate surface area is 147 Å². The normalized spacial score (nSPS) is 21.5. The summed E-state index contributed by atoms with van der Waals surface area (Å²) in [5.74, 6) is 0. The Hall–Kier alpha value is -2.82. The van der Waals surface area contributed by atoms with Crippen molar-refractivity contribution >= 4 is 11.8 Å². The molecule has 0 bridgehead atoms.